The van der Waals surface area contributed by atoms with Gasteiger partial charge in [-0.1, -0.05) is 0 Å². The topological polar surface area (TPSA) is 29.4 Å². The zero-order chi connectivity index (χ0) is 21.9. The van der Waals surface area contributed by atoms with Crippen molar-refractivity contribution in [2.75, 3.05) is 18.1 Å². The van der Waals surface area contributed by atoms with Crippen molar-refractivity contribution in [2.45, 2.75) is 42.2 Å². The van der Waals surface area contributed by atoms with Crippen molar-refractivity contribution in [3.05, 3.63) is 0 Å². The summed E-state index contributed by atoms with van der Waals surface area (Å²) in [5.74, 6) is -38.1. The van der Waals surface area contributed by atoms with E-state index in [1.165, 1.54) is 0 Å². The highest BCUT2D eigenvalue weighted by Gasteiger charge is 2.90. The molecule has 0 saturated heterocycles. The Kier molecular flexibility index (Phi) is 7.70. The van der Waals surface area contributed by atoms with Gasteiger partial charge in [0, 0.05) is 12.2 Å². The van der Waals surface area contributed by atoms with Gasteiger partial charge in [-0.3, -0.25) is 0 Å². The first-order valence-corrected chi connectivity index (χ1v) is 7.54. The number of alkyl halides is 13. The molecule has 0 aromatic carbocycles. The molecule has 0 heterocycles. The van der Waals surface area contributed by atoms with Gasteiger partial charge in [-0.15, -0.1) is 0 Å². The van der Waals surface area contributed by atoms with Crippen molar-refractivity contribution >= 4 is 17.8 Å². The molecule has 0 aliphatic rings. The minimum atomic E-state index is -7.88. The summed E-state index contributed by atoms with van der Waals surface area (Å²) in [5.41, 5.74) is 0. The highest BCUT2D eigenvalue weighted by atomic mass is 32.2. The number of carbonyl (C=O) groups excluding carboxylic acids is 1. The van der Waals surface area contributed by atoms with Gasteiger partial charge in [0.05, 0.1) is 6.54 Å². The molecule has 2 nitrogen and oxygen atoms in total. The third-order valence-corrected chi connectivity index (χ3v) is 3.93. The van der Waals surface area contributed by atoms with Gasteiger partial charge in [0.15, 0.2) is 0 Å². The van der Waals surface area contributed by atoms with Crippen LogP contribution in [-0.4, -0.2) is 59.9 Å². The quantitative estimate of drug-likeness (QED) is 0.199. The lowest BCUT2D eigenvalue weighted by molar-refractivity contribution is -0.439. The van der Waals surface area contributed by atoms with Gasteiger partial charge in [0.2, 0.25) is 6.08 Å². The Morgan fingerprint density at radius 2 is 1.11 bits per heavy atom. The zero-order valence-corrected chi connectivity index (χ0v) is 13.3. The van der Waals surface area contributed by atoms with Gasteiger partial charge in [-0.2, -0.15) is 68.8 Å². The summed E-state index contributed by atoms with van der Waals surface area (Å²) in [6.07, 6.45) is -8.67. The zero-order valence-electron chi connectivity index (χ0n) is 12.5. The smallest absolute Gasteiger partial charge is 0.211 e. The normalized spacial score (nSPS) is 14.9. The number of hydrogen-bond donors (Lipinski definition) is 0. The van der Waals surface area contributed by atoms with E-state index in [2.05, 4.69) is 4.99 Å². The molecule has 0 fully saturated rings. The molecule has 27 heavy (non-hydrogen) atoms. The molecule has 0 atom stereocenters. The van der Waals surface area contributed by atoms with Crippen LogP contribution in [0.4, 0.5) is 57.1 Å². The number of isocyanates is 1. The van der Waals surface area contributed by atoms with E-state index in [-0.39, 0.29) is 12.3 Å². The van der Waals surface area contributed by atoms with Crippen LogP contribution < -0.4 is 0 Å². The second-order valence-corrected chi connectivity index (χ2v) is 6.06. The second-order valence-electron chi connectivity index (χ2n) is 4.84. The van der Waals surface area contributed by atoms with Crippen molar-refractivity contribution in [3.63, 3.8) is 0 Å². The third-order valence-electron chi connectivity index (χ3n) is 2.97. The van der Waals surface area contributed by atoms with Crippen molar-refractivity contribution in [1.82, 2.24) is 0 Å². The molecule has 0 spiro atoms. The molecular weight excluding hydrogens is 441 g/mol. The van der Waals surface area contributed by atoms with Gasteiger partial charge in [-0.25, -0.2) is 9.79 Å². The lowest BCUT2D eigenvalue weighted by Gasteiger charge is -2.39. The molecule has 0 rings (SSSR count). The highest BCUT2D eigenvalue weighted by Crippen LogP contribution is 2.60. The highest BCUT2D eigenvalue weighted by molar-refractivity contribution is 7.99. The number of hydrogen-bond acceptors (Lipinski definition) is 3. The summed E-state index contributed by atoms with van der Waals surface area (Å²) in [7, 11) is 0. The van der Waals surface area contributed by atoms with Gasteiger partial charge in [0.1, 0.15) is 0 Å². The van der Waals surface area contributed by atoms with Crippen molar-refractivity contribution in [2.24, 2.45) is 4.99 Å². The summed E-state index contributed by atoms with van der Waals surface area (Å²) >= 11 is 0.318. The molecule has 0 radical (unpaired) electrons. The van der Waals surface area contributed by atoms with Crippen LogP contribution in [0.25, 0.3) is 0 Å². The van der Waals surface area contributed by atoms with Crippen LogP contribution in [0.2, 0.25) is 0 Å². The standard InChI is InChI=1S/C11H8F13NOS/c12-6(13,1-3-27-4-2-25-5-26)7(14,15)8(16,17)9(18,19)10(20,21)11(22,23)24/h1-4H2. The van der Waals surface area contributed by atoms with Gasteiger partial charge in [0.25, 0.3) is 0 Å². The first kappa shape index (κ1) is 25.8. The molecule has 0 aromatic heterocycles. The predicted octanol–water partition coefficient (Wildman–Crippen LogP) is 5.18. The van der Waals surface area contributed by atoms with Gasteiger partial charge >= 0.3 is 35.8 Å². The first-order valence-electron chi connectivity index (χ1n) is 6.38. The Morgan fingerprint density at radius 1 is 0.667 bits per heavy atom. The molecular formula is C11H8F13NOS. The fourth-order valence-corrected chi connectivity index (χ4v) is 2.24. The second kappa shape index (κ2) is 8.05. The predicted molar refractivity (Wildman–Crippen MR) is 65.7 cm³/mol. The monoisotopic (exact) mass is 449 g/mol. The largest absolute Gasteiger partial charge is 0.460 e. The summed E-state index contributed by atoms with van der Waals surface area (Å²) in [6.45, 7) is -0.345. The summed E-state index contributed by atoms with van der Waals surface area (Å²) in [4.78, 5) is 12.6. The number of halogens is 13. The number of aliphatic imine (C=N–C) groups is 1. The van der Waals surface area contributed by atoms with Crippen molar-refractivity contribution in [3.8, 4) is 0 Å². The molecule has 0 bridgehead atoms. The average molecular weight is 449 g/mol. The Labute approximate surface area is 146 Å². The molecule has 0 unspecified atom stereocenters. The number of nitrogens with zero attached hydrogens (tertiary/aromatic N) is 1. The van der Waals surface area contributed by atoms with Crippen LogP contribution in [-0.2, 0) is 4.79 Å². The van der Waals surface area contributed by atoms with E-state index in [4.69, 9.17) is 0 Å². The molecule has 16 heteroatoms. The van der Waals surface area contributed by atoms with E-state index in [1.54, 1.807) is 0 Å². The van der Waals surface area contributed by atoms with E-state index < -0.39 is 48.0 Å². The summed E-state index contributed by atoms with van der Waals surface area (Å²) in [6, 6.07) is 0. The maximum absolute atomic E-state index is 13.3. The SMILES string of the molecule is O=C=NCCSCCC(F)(F)C(F)(F)C(F)(F)C(F)(F)C(F)(F)C(F)(F)F. The third kappa shape index (κ3) is 4.63. The lowest BCUT2D eigenvalue weighted by atomic mass is 9.93. The van der Waals surface area contributed by atoms with Crippen LogP contribution in [0, 0.1) is 0 Å². The van der Waals surface area contributed by atoms with Crippen LogP contribution in [0.3, 0.4) is 0 Å². The molecule has 0 aromatic rings. The molecule has 0 saturated carbocycles. The van der Waals surface area contributed by atoms with Crippen molar-refractivity contribution in [1.29, 1.82) is 0 Å². The van der Waals surface area contributed by atoms with E-state index in [0.29, 0.717) is 11.8 Å². The van der Waals surface area contributed by atoms with E-state index in [1.807, 2.05) is 0 Å². The van der Waals surface area contributed by atoms with Gasteiger partial charge < -0.3 is 0 Å². The molecule has 0 N–H and O–H groups in total. The minimum absolute atomic E-state index is 0.282. The molecule has 0 amide bonds. The minimum Gasteiger partial charge on any atom is -0.211 e. The lowest BCUT2D eigenvalue weighted by Crippen LogP contribution is -2.70. The summed E-state index contributed by atoms with van der Waals surface area (Å²) < 4.78 is 166. The Bertz CT molecular complexity index is 553. The van der Waals surface area contributed by atoms with Gasteiger partial charge in [-0.05, 0) is 5.75 Å². The Balaban J connectivity index is 5.58. The van der Waals surface area contributed by atoms with Crippen LogP contribution in [0.1, 0.15) is 6.42 Å². The summed E-state index contributed by atoms with van der Waals surface area (Å²) in [5, 5.41) is 0. The number of thioether (sulfide) groups is 1. The van der Waals surface area contributed by atoms with Crippen LogP contribution in [0.15, 0.2) is 4.99 Å². The first-order chi connectivity index (χ1) is 11.8. The fraction of sp³-hybridized carbons (Fsp3) is 0.909. The maximum Gasteiger partial charge on any atom is 0.460 e. The maximum atomic E-state index is 13.3. The Hall–Kier alpha value is -1.18. The van der Waals surface area contributed by atoms with Crippen LogP contribution in [0.5, 0.6) is 0 Å². The molecule has 0 aliphatic heterocycles. The van der Waals surface area contributed by atoms with E-state index >= 15 is 0 Å². The molecule has 0 aliphatic carbocycles. The van der Waals surface area contributed by atoms with Crippen LogP contribution >= 0.6 is 11.8 Å². The van der Waals surface area contributed by atoms with E-state index in [0.717, 1.165) is 6.08 Å². The van der Waals surface area contributed by atoms with Crippen molar-refractivity contribution < 1.29 is 61.9 Å². The average Bonchev–Trinajstić information content (AvgIpc) is 2.48. The fourth-order valence-electron chi connectivity index (χ4n) is 1.42. The van der Waals surface area contributed by atoms with E-state index in [9.17, 15) is 61.9 Å². The number of rotatable bonds is 10. The molecule has 160 valence electrons. The Morgan fingerprint density at radius 3 is 1.52 bits per heavy atom.